The van der Waals surface area contributed by atoms with Gasteiger partial charge in [0.2, 0.25) is 0 Å². The maximum atomic E-state index is 5.74. The largest absolute Gasteiger partial charge is 0.383 e. The molecular weight excluding hydrogens is 198 g/mol. The molecule has 0 aliphatic rings. The van der Waals surface area contributed by atoms with Crippen molar-refractivity contribution in [3.8, 4) is 0 Å². The normalized spacial score (nSPS) is 12.9. The minimum absolute atomic E-state index is 0.515. The quantitative estimate of drug-likeness (QED) is 0.802. The van der Waals surface area contributed by atoms with Crippen LogP contribution in [0.5, 0.6) is 0 Å². The number of nitrogens with one attached hydrogen (secondary N) is 1. The van der Waals surface area contributed by atoms with Crippen molar-refractivity contribution in [3.63, 3.8) is 0 Å². The van der Waals surface area contributed by atoms with E-state index in [2.05, 4.69) is 30.2 Å². The smallest absolute Gasteiger partial charge is 0.0606 e. The van der Waals surface area contributed by atoms with Gasteiger partial charge < -0.3 is 11.1 Å². The van der Waals surface area contributed by atoms with Crippen molar-refractivity contribution in [1.82, 2.24) is 4.98 Å². The molecule has 1 heterocycles. The molecule has 0 saturated heterocycles. The number of hydrogen-bond donors (Lipinski definition) is 2. The van der Waals surface area contributed by atoms with Crippen molar-refractivity contribution in [2.75, 3.05) is 18.4 Å². The monoisotopic (exact) mass is 221 g/mol. The zero-order valence-corrected chi connectivity index (χ0v) is 10.7. The van der Waals surface area contributed by atoms with Gasteiger partial charge in [-0.05, 0) is 44.4 Å². The van der Waals surface area contributed by atoms with Crippen LogP contribution in [-0.2, 0) is 0 Å². The second-order valence-corrected chi connectivity index (χ2v) is 4.71. The molecule has 3 nitrogen and oxygen atoms in total. The third kappa shape index (κ3) is 3.49. The second kappa shape index (κ2) is 5.85. The lowest BCUT2D eigenvalue weighted by Gasteiger charge is -2.20. The van der Waals surface area contributed by atoms with E-state index in [0.717, 1.165) is 30.2 Å². The molecule has 1 aromatic heterocycles. The van der Waals surface area contributed by atoms with Crippen LogP contribution in [0, 0.1) is 25.7 Å². The average molecular weight is 221 g/mol. The zero-order chi connectivity index (χ0) is 12.1. The Balaban J connectivity index is 2.60. The van der Waals surface area contributed by atoms with E-state index in [0.29, 0.717) is 11.8 Å². The molecule has 90 valence electrons. The molecule has 3 heteroatoms. The highest BCUT2D eigenvalue weighted by Gasteiger charge is 2.11. The van der Waals surface area contributed by atoms with Gasteiger partial charge in [-0.1, -0.05) is 13.8 Å². The Morgan fingerprint density at radius 1 is 1.31 bits per heavy atom. The van der Waals surface area contributed by atoms with E-state index < -0.39 is 0 Å². The fourth-order valence-corrected chi connectivity index (χ4v) is 1.71. The summed E-state index contributed by atoms with van der Waals surface area (Å²) in [5.41, 5.74) is 8.97. The summed E-state index contributed by atoms with van der Waals surface area (Å²) in [6.07, 6.45) is 0. The van der Waals surface area contributed by atoms with Gasteiger partial charge in [-0.3, -0.25) is 4.98 Å². The zero-order valence-electron chi connectivity index (χ0n) is 10.7. The molecule has 0 spiro atoms. The fourth-order valence-electron chi connectivity index (χ4n) is 1.71. The molecule has 0 fully saturated rings. The summed E-state index contributed by atoms with van der Waals surface area (Å²) in [5, 5.41) is 3.43. The highest BCUT2D eigenvalue weighted by atomic mass is 14.9. The van der Waals surface area contributed by atoms with Gasteiger partial charge >= 0.3 is 0 Å². The third-order valence-electron chi connectivity index (χ3n) is 3.03. The lowest BCUT2D eigenvalue weighted by Crippen LogP contribution is -2.27. The highest BCUT2D eigenvalue weighted by molar-refractivity contribution is 5.47. The van der Waals surface area contributed by atoms with Gasteiger partial charge in [0, 0.05) is 12.2 Å². The molecule has 1 aromatic rings. The molecule has 0 bridgehead atoms. The lowest BCUT2D eigenvalue weighted by molar-refractivity contribution is 0.413. The SMILES string of the molecule is Cc1ccc(NCC(CN)C(C)C)c(C)n1. The summed E-state index contributed by atoms with van der Waals surface area (Å²) >= 11 is 0. The third-order valence-corrected chi connectivity index (χ3v) is 3.03. The molecule has 16 heavy (non-hydrogen) atoms. The molecule has 0 aliphatic heterocycles. The first-order valence-electron chi connectivity index (χ1n) is 5.92. The fraction of sp³-hybridized carbons (Fsp3) is 0.615. The van der Waals surface area contributed by atoms with Gasteiger partial charge in [-0.15, -0.1) is 0 Å². The first-order valence-corrected chi connectivity index (χ1v) is 5.92. The Morgan fingerprint density at radius 2 is 2.00 bits per heavy atom. The van der Waals surface area contributed by atoms with Crippen molar-refractivity contribution >= 4 is 5.69 Å². The van der Waals surface area contributed by atoms with Gasteiger partial charge in [0.25, 0.3) is 0 Å². The second-order valence-electron chi connectivity index (χ2n) is 4.71. The van der Waals surface area contributed by atoms with Crippen molar-refractivity contribution in [1.29, 1.82) is 0 Å². The predicted octanol–water partition coefficient (Wildman–Crippen LogP) is 2.34. The number of aryl methyl sites for hydroxylation is 2. The Hall–Kier alpha value is -1.09. The van der Waals surface area contributed by atoms with Crippen LogP contribution in [-0.4, -0.2) is 18.1 Å². The number of nitrogens with zero attached hydrogens (tertiary/aromatic N) is 1. The predicted molar refractivity (Wildman–Crippen MR) is 69.6 cm³/mol. The van der Waals surface area contributed by atoms with Crippen LogP contribution in [0.4, 0.5) is 5.69 Å². The summed E-state index contributed by atoms with van der Waals surface area (Å²) in [7, 11) is 0. The number of aromatic nitrogens is 1. The molecule has 0 aliphatic carbocycles. The first kappa shape index (κ1) is 13.0. The Morgan fingerprint density at radius 3 is 2.50 bits per heavy atom. The summed E-state index contributed by atoms with van der Waals surface area (Å²) in [5.74, 6) is 1.12. The molecule has 3 N–H and O–H groups in total. The van der Waals surface area contributed by atoms with Crippen LogP contribution in [0.3, 0.4) is 0 Å². The number of pyridine rings is 1. The molecule has 1 rings (SSSR count). The molecule has 1 atom stereocenters. The van der Waals surface area contributed by atoms with E-state index >= 15 is 0 Å². The van der Waals surface area contributed by atoms with Gasteiger partial charge in [0.1, 0.15) is 0 Å². The number of rotatable bonds is 5. The number of nitrogens with two attached hydrogens (primary N) is 1. The van der Waals surface area contributed by atoms with E-state index in [1.807, 2.05) is 19.9 Å². The maximum Gasteiger partial charge on any atom is 0.0606 e. The molecule has 0 aromatic carbocycles. The Bertz CT molecular complexity index is 334. The highest BCUT2D eigenvalue weighted by Crippen LogP contribution is 2.15. The minimum Gasteiger partial charge on any atom is -0.383 e. The number of hydrogen-bond acceptors (Lipinski definition) is 3. The Kier molecular flexibility index (Phi) is 4.74. The van der Waals surface area contributed by atoms with Crippen molar-refractivity contribution < 1.29 is 0 Å². The van der Waals surface area contributed by atoms with E-state index in [9.17, 15) is 0 Å². The van der Waals surface area contributed by atoms with Gasteiger partial charge in [-0.25, -0.2) is 0 Å². The molecular formula is C13H23N3. The van der Waals surface area contributed by atoms with E-state index in [4.69, 9.17) is 5.73 Å². The summed E-state index contributed by atoms with van der Waals surface area (Å²) in [6.45, 7) is 10.1. The molecule has 0 radical (unpaired) electrons. The van der Waals surface area contributed by atoms with Crippen LogP contribution < -0.4 is 11.1 Å². The van der Waals surface area contributed by atoms with Gasteiger partial charge in [0.05, 0.1) is 11.4 Å². The minimum atomic E-state index is 0.515. The van der Waals surface area contributed by atoms with Gasteiger partial charge in [-0.2, -0.15) is 0 Å². The van der Waals surface area contributed by atoms with Crippen LogP contribution in [0.15, 0.2) is 12.1 Å². The van der Waals surface area contributed by atoms with Crippen LogP contribution in [0.1, 0.15) is 25.2 Å². The molecule has 1 unspecified atom stereocenters. The average Bonchev–Trinajstić information content (AvgIpc) is 2.21. The lowest BCUT2D eigenvalue weighted by atomic mass is 9.96. The van der Waals surface area contributed by atoms with Crippen LogP contribution in [0.25, 0.3) is 0 Å². The van der Waals surface area contributed by atoms with E-state index in [1.54, 1.807) is 0 Å². The Labute approximate surface area is 98.5 Å². The van der Waals surface area contributed by atoms with Crippen molar-refractivity contribution in [3.05, 3.63) is 23.5 Å². The van der Waals surface area contributed by atoms with Crippen molar-refractivity contribution in [2.45, 2.75) is 27.7 Å². The summed E-state index contributed by atoms with van der Waals surface area (Å²) in [4.78, 5) is 4.43. The molecule has 0 amide bonds. The number of anilines is 1. The summed E-state index contributed by atoms with van der Waals surface area (Å²) < 4.78 is 0. The van der Waals surface area contributed by atoms with E-state index in [1.165, 1.54) is 0 Å². The van der Waals surface area contributed by atoms with E-state index in [-0.39, 0.29) is 0 Å². The van der Waals surface area contributed by atoms with Gasteiger partial charge in [0.15, 0.2) is 0 Å². The standard InChI is InChI=1S/C13H23N3/c1-9(2)12(7-14)8-15-13-6-5-10(3)16-11(13)4/h5-6,9,12,15H,7-8,14H2,1-4H3. The first-order chi connectivity index (χ1) is 7.54. The topological polar surface area (TPSA) is 50.9 Å². The molecule has 0 saturated carbocycles. The maximum absolute atomic E-state index is 5.74. The van der Waals surface area contributed by atoms with Crippen LogP contribution in [0.2, 0.25) is 0 Å². The van der Waals surface area contributed by atoms with Crippen molar-refractivity contribution in [2.24, 2.45) is 17.6 Å². The van der Waals surface area contributed by atoms with Crippen LogP contribution >= 0.6 is 0 Å². The summed E-state index contributed by atoms with van der Waals surface area (Å²) in [6, 6.07) is 4.12.